The number of halogens is 2. The van der Waals surface area contributed by atoms with E-state index in [2.05, 4.69) is 41.1 Å². The van der Waals surface area contributed by atoms with Gasteiger partial charge in [0.1, 0.15) is 0 Å². The highest BCUT2D eigenvalue weighted by Gasteiger charge is 2.39. The van der Waals surface area contributed by atoms with Crippen LogP contribution in [0.2, 0.25) is 0 Å². The van der Waals surface area contributed by atoms with Gasteiger partial charge in [-0.3, -0.25) is 0 Å². The largest absolute Gasteiger partial charge is 0.321 e. The molecule has 3 heteroatoms. The van der Waals surface area contributed by atoms with Gasteiger partial charge in [0, 0.05) is 10.0 Å². The SMILES string of the molecule is CC1CC(N)(c2cccc(Br)c2)C1.Cl. The van der Waals surface area contributed by atoms with Crippen molar-refractivity contribution < 1.29 is 0 Å². The zero-order valence-electron chi connectivity index (χ0n) is 8.16. The summed E-state index contributed by atoms with van der Waals surface area (Å²) in [4.78, 5) is 0. The van der Waals surface area contributed by atoms with Crippen LogP contribution in [0.1, 0.15) is 25.3 Å². The Bertz CT molecular complexity index is 321. The van der Waals surface area contributed by atoms with Crippen LogP contribution in [0.5, 0.6) is 0 Å². The summed E-state index contributed by atoms with van der Waals surface area (Å²) in [6.07, 6.45) is 2.23. The fraction of sp³-hybridized carbons (Fsp3) is 0.455. The topological polar surface area (TPSA) is 26.0 Å². The molecular formula is C11H15BrClN. The molecule has 1 aromatic rings. The van der Waals surface area contributed by atoms with Gasteiger partial charge in [-0.2, -0.15) is 0 Å². The van der Waals surface area contributed by atoms with E-state index in [0.717, 1.165) is 23.2 Å². The van der Waals surface area contributed by atoms with Crippen molar-refractivity contribution in [3.8, 4) is 0 Å². The molecule has 1 saturated carbocycles. The molecule has 0 aromatic heterocycles. The van der Waals surface area contributed by atoms with Crippen molar-refractivity contribution in [2.45, 2.75) is 25.3 Å². The third kappa shape index (κ3) is 2.13. The highest BCUT2D eigenvalue weighted by atomic mass is 79.9. The molecule has 0 unspecified atom stereocenters. The number of rotatable bonds is 1. The summed E-state index contributed by atoms with van der Waals surface area (Å²) in [6.45, 7) is 2.25. The minimum atomic E-state index is -0.0524. The third-order valence-corrected chi connectivity index (χ3v) is 3.32. The van der Waals surface area contributed by atoms with Gasteiger partial charge in [-0.15, -0.1) is 12.4 Å². The number of hydrogen-bond acceptors (Lipinski definition) is 1. The van der Waals surface area contributed by atoms with E-state index in [-0.39, 0.29) is 17.9 Å². The zero-order chi connectivity index (χ0) is 9.47. The molecule has 0 amide bonds. The van der Waals surface area contributed by atoms with Crippen molar-refractivity contribution in [3.63, 3.8) is 0 Å². The first-order chi connectivity index (χ1) is 6.10. The molecule has 0 atom stereocenters. The van der Waals surface area contributed by atoms with Crippen LogP contribution in [0.25, 0.3) is 0 Å². The Balaban J connectivity index is 0.000000980. The Morgan fingerprint density at radius 3 is 2.57 bits per heavy atom. The fourth-order valence-corrected chi connectivity index (χ4v) is 2.62. The van der Waals surface area contributed by atoms with Crippen LogP contribution in [0.3, 0.4) is 0 Å². The summed E-state index contributed by atoms with van der Waals surface area (Å²) in [6, 6.07) is 8.34. The first-order valence-electron chi connectivity index (χ1n) is 4.65. The normalized spacial score (nSPS) is 30.4. The van der Waals surface area contributed by atoms with Gasteiger partial charge in [-0.25, -0.2) is 0 Å². The standard InChI is InChI=1S/C11H14BrN.ClH/c1-8-6-11(13,7-8)9-3-2-4-10(12)5-9;/h2-5,8H,6-7,13H2,1H3;1H. The van der Waals surface area contributed by atoms with E-state index in [1.807, 2.05) is 6.07 Å². The lowest BCUT2D eigenvalue weighted by Crippen LogP contribution is -2.47. The van der Waals surface area contributed by atoms with Gasteiger partial charge in [0.2, 0.25) is 0 Å². The maximum atomic E-state index is 6.26. The molecule has 1 aromatic carbocycles. The van der Waals surface area contributed by atoms with Crippen molar-refractivity contribution in [1.29, 1.82) is 0 Å². The first kappa shape index (κ1) is 12.0. The average Bonchev–Trinajstić information content (AvgIpc) is 2.02. The molecule has 0 heterocycles. The second-order valence-electron chi connectivity index (χ2n) is 4.18. The predicted octanol–water partition coefficient (Wildman–Crippen LogP) is 3.45. The third-order valence-electron chi connectivity index (χ3n) is 2.82. The van der Waals surface area contributed by atoms with Crippen molar-refractivity contribution in [1.82, 2.24) is 0 Å². The minimum Gasteiger partial charge on any atom is -0.321 e. The molecule has 1 nitrogen and oxygen atoms in total. The quantitative estimate of drug-likeness (QED) is 0.835. The van der Waals surface area contributed by atoms with Crippen LogP contribution in [0.15, 0.2) is 28.7 Å². The van der Waals surface area contributed by atoms with Crippen molar-refractivity contribution in [2.24, 2.45) is 11.7 Å². The smallest absolute Gasteiger partial charge is 0.0415 e. The van der Waals surface area contributed by atoms with Gasteiger partial charge in [-0.05, 0) is 36.5 Å². The van der Waals surface area contributed by atoms with Gasteiger partial charge < -0.3 is 5.73 Å². The Hall–Kier alpha value is -0.0500. The molecule has 1 fully saturated rings. The van der Waals surface area contributed by atoms with Crippen molar-refractivity contribution in [2.75, 3.05) is 0 Å². The maximum absolute atomic E-state index is 6.26. The lowest BCUT2D eigenvalue weighted by molar-refractivity contribution is 0.164. The molecule has 2 N–H and O–H groups in total. The summed E-state index contributed by atoms with van der Waals surface area (Å²) in [5.74, 6) is 0.781. The molecule has 14 heavy (non-hydrogen) atoms. The van der Waals surface area contributed by atoms with Gasteiger partial charge in [0.05, 0.1) is 0 Å². The number of hydrogen-bond donors (Lipinski definition) is 1. The minimum absolute atomic E-state index is 0. The molecule has 0 spiro atoms. The predicted molar refractivity (Wildman–Crippen MR) is 65.7 cm³/mol. The lowest BCUT2D eigenvalue weighted by atomic mass is 9.66. The van der Waals surface area contributed by atoms with Gasteiger partial charge in [0.15, 0.2) is 0 Å². The number of benzene rings is 1. The summed E-state index contributed by atoms with van der Waals surface area (Å²) < 4.78 is 1.12. The maximum Gasteiger partial charge on any atom is 0.0415 e. The first-order valence-corrected chi connectivity index (χ1v) is 5.44. The summed E-state index contributed by atoms with van der Waals surface area (Å²) in [5.41, 5.74) is 7.47. The molecule has 1 aliphatic rings. The molecule has 2 rings (SSSR count). The fourth-order valence-electron chi connectivity index (χ4n) is 2.22. The van der Waals surface area contributed by atoms with Crippen molar-refractivity contribution >= 4 is 28.3 Å². The van der Waals surface area contributed by atoms with E-state index in [9.17, 15) is 0 Å². The van der Waals surface area contributed by atoms with Crippen LogP contribution in [0, 0.1) is 5.92 Å². The molecule has 0 bridgehead atoms. The highest BCUT2D eigenvalue weighted by Crippen LogP contribution is 2.43. The summed E-state index contributed by atoms with van der Waals surface area (Å²) in [5, 5.41) is 0. The van der Waals surface area contributed by atoms with Crippen LogP contribution < -0.4 is 5.73 Å². The molecule has 0 radical (unpaired) electrons. The van der Waals surface area contributed by atoms with Crippen LogP contribution in [-0.4, -0.2) is 0 Å². The second-order valence-corrected chi connectivity index (χ2v) is 5.10. The van der Waals surface area contributed by atoms with E-state index < -0.39 is 0 Å². The molecule has 1 aliphatic carbocycles. The van der Waals surface area contributed by atoms with Gasteiger partial charge in [-0.1, -0.05) is 35.0 Å². The van der Waals surface area contributed by atoms with Crippen LogP contribution >= 0.6 is 28.3 Å². The Labute approximate surface area is 99.6 Å². The van der Waals surface area contributed by atoms with E-state index in [4.69, 9.17) is 5.73 Å². The van der Waals surface area contributed by atoms with E-state index in [1.54, 1.807) is 0 Å². The van der Waals surface area contributed by atoms with E-state index >= 15 is 0 Å². The molecule has 0 saturated heterocycles. The lowest BCUT2D eigenvalue weighted by Gasteiger charge is -2.44. The Kier molecular flexibility index (Phi) is 3.62. The monoisotopic (exact) mass is 275 g/mol. The Morgan fingerprint density at radius 2 is 2.07 bits per heavy atom. The van der Waals surface area contributed by atoms with E-state index in [0.29, 0.717) is 0 Å². The zero-order valence-corrected chi connectivity index (χ0v) is 10.6. The van der Waals surface area contributed by atoms with Crippen LogP contribution in [0.4, 0.5) is 0 Å². The average molecular weight is 277 g/mol. The molecule has 78 valence electrons. The summed E-state index contributed by atoms with van der Waals surface area (Å²) in [7, 11) is 0. The van der Waals surface area contributed by atoms with E-state index in [1.165, 1.54) is 5.56 Å². The summed E-state index contributed by atoms with van der Waals surface area (Å²) >= 11 is 3.47. The van der Waals surface area contributed by atoms with Gasteiger partial charge >= 0.3 is 0 Å². The Morgan fingerprint density at radius 1 is 1.43 bits per heavy atom. The highest BCUT2D eigenvalue weighted by molar-refractivity contribution is 9.10. The van der Waals surface area contributed by atoms with Crippen molar-refractivity contribution in [3.05, 3.63) is 34.3 Å². The van der Waals surface area contributed by atoms with Gasteiger partial charge in [0.25, 0.3) is 0 Å². The molecular weight excluding hydrogens is 261 g/mol. The second kappa shape index (κ2) is 4.21. The van der Waals surface area contributed by atoms with Crippen LogP contribution in [-0.2, 0) is 5.54 Å². The number of nitrogens with two attached hydrogens (primary N) is 1. The molecule has 0 aliphatic heterocycles.